The molecular formula is C52H52Cl2SiZr. The van der Waals surface area contributed by atoms with Crippen LogP contribution in [0, 0.1) is 13.8 Å². The quantitative estimate of drug-likeness (QED) is 0.115. The molecule has 0 atom stereocenters. The van der Waals surface area contributed by atoms with Crippen molar-refractivity contribution in [3.8, 4) is 44.5 Å². The summed E-state index contributed by atoms with van der Waals surface area (Å²) in [7, 11) is 11.0. The molecule has 2 radical (unpaired) electrons. The van der Waals surface area contributed by atoms with Gasteiger partial charge in [-0.2, -0.15) is 0 Å². The monoisotopic (exact) mass is 864 g/mol. The fourth-order valence-electron chi connectivity index (χ4n) is 7.46. The third-order valence-electron chi connectivity index (χ3n) is 10.1. The molecule has 0 heterocycles. The van der Waals surface area contributed by atoms with Gasteiger partial charge in [-0.3, -0.25) is 0 Å². The Labute approximate surface area is 357 Å². The summed E-state index contributed by atoms with van der Waals surface area (Å²) in [5, 5.41) is 5.36. The van der Waals surface area contributed by atoms with Crippen LogP contribution in [0.5, 0.6) is 0 Å². The van der Waals surface area contributed by atoms with Crippen LogP contribution in [0.3, 0.4) is 0 Å². The summed E-state index contributed by atoms with van der Waals surface area (Å²) < 4.78 is 0. The number of aryl methyl sites for hydroxylation is 2. The Morgan fingerprint density at radius 2 is 0.804 bits per heavy atom. The van der Waals surface area contributed by atoms with Crippen LogP contribution in [0.1, 0.15) is 61.8 Å². The van der Waals surface area contributed by atoms with Gasteiger partial charge < -0.3 is 0 Å². The molecule has 0 aliphatic rings. The van der Waals surface area contributed by atoms with Crippen LogP contribution < -0.4 is 0 Å². The molecule has 8 aromatic carbocycles. The normalized spacial score (nSPS) is 10.6. The first-order valence-electron chi connectivity index (χ1n) is 19.4. The molecule has 8 aromatic rings. The molecule has 8 rings (SSSR count). The van der Waals surface area contributed by atoms with Gasteiger partial charge in [-0.05, 0) is 59.1 Å². The van der Waals surface area contributed by atoms with E-state index < -0.39 is 20.8 Å². The number of rotatable bonds is 6. The van der Waals surface area contributed by atoms with Crippen molar-refractivity contribution >= 4 is 48.1 Å². The maximum absolute atomic E-state index is 4.93. The zero-order valence-electron chi connectivity index (χ0n) is 33.9. The zero-order chi connectivity index (χ0) is 40.2. The number of hydrogen-bond donors (Lipinski definition) is 0. The fourth-order valence-corrected chi connectivity index (χ4v) is 7.46. The van der Waals surface area contributed by atoms with Crippen molar-refractivity contribution in [1.29, 1.82) is 0 Å². The van der Waals surface area contributed by atoms with Crippen LogP contribution in [-0.4, -0.2) is 9.52 Å². The van der Waals surface area contributed by atoms with Gasteiger partial charge in [0.1, 0.15) is 0 Å². The predicted octanol–water partition coefficient (Wildman–Crippen LogP) is 16.8. The zero-order valence-corrected chi connectivity index (χ0v) is 38.9. The van der Waals surface area contributed by atoms with Crippen LogP contribution >= 0.6 is 17.0 Å². The molecule has 0 saturated heterocycles. The van der Waals surface area contributed by atoms with E-state index in [1.807, 2.05) is 0 Å². The third-order valence-corrected chi connectivity index (χ3v) is 10.1. The topological polar surface area (TPSA) is 0 Å². The van der Waals surface area contributed by atoms with Gasteiger partial charge in [0.2, 0.25) is 0 Å². The first kappa shape index (κ1) is 43.3. The molecule has 0 bridgehead atoms. The molecule has 0 amide bonds. The predicted molar refractivity (Wildman–Crippen MR) is 248 cm³/mol. The third kappa shape index (κ3) is 10.4. The standard InChI is InChI=1S/2C25H23.C2H6Si.2ClH.Zr/c2*1-17(2)22-14-13-20-15-21(19-10-5-4-6-11-19)16-24(20)25(22)23-12-8-7-9-18(23)3;1-3-2;;;/h2*4-17H,1-3H3;1-2H3;2*1H;/q2*-1;;;;+4/p-2. The van der Waals surface area contributed by atoms with Gasteiger partial charge in [-0.15, -0.1) is 69.1 Å². The minimum absolute atomic E-state index is 0.495. The molecule has 0 aliphatic carbocycles. The average molecular weight is 867 g/mol. The Morgan fingerprint density at radius 3 is 1.12 bits per heavy atom. The summed E-state index contributed by atoms with van der Waals surface area (Å²) in [5.41, 5.74) is 16.2. The van der Waals surface area contributed by atoms with Crippen molar-refractivity contribution < 1.29 is 20.8 Å². The van der Waals surface area contributed by atoms with Gasteiger partial charge >= 0.3 is 37.9 Å². The van der Waals surface area contributed by atoms with Crippen LogP contribution in [0.15, 0.2) is 158 Å². The Balaban J connectivity index is 0.000000188. The van der Waals surface area contributed by atoms with E-state index >= 15 is 0 Å². The van der Waals surface area contributed by atoms with Crippen molar-refractivity contribution in [3.63, 3.8) is 0 Å². The van der Waals surface area contributed by atoms with Crippen molar-refractivity contribution in [2.45, 2.75) is 66.5 Å². The molecule has 0 fully saturated rings. The van der Waals surface area contributed by atoms with Crippen molar-refractivity contribution in [2.24, 2.45) is 0 Å². The summed E-state index contributed by atoms with van der Waals surface area (Å²) >= 11 is -0.826. The van der Waals surface area contributed by atoms with Crippen molar-refractivity contribution in [1.82, 2.24) is 0 Å². The van der Waals surface area contributed by atoms with Gasteiger partial charge in [0.15, 0.2) is 0 Å². The summed E-state index contributed by atoms with van der Waals surface area (Å²) in [6.07, 6.45) is 0. The second-order valence-corrected chi connectivity index (χ2v) is 19.5. The number of hydrogen-bond acceptors (Lipinski definition) is 0. The number of benzene rings is 6. The molecule has 56 heavy (non-hydrogen) atoms. The Bertz CT molecular complexity index is 2260. The first-order chi connectivity index (χ1) is 27.1. The Hall–Kier alpha value is -3.78. The van der Waals surface area contributed by atoms with E-state index in [2.05, 4.69) is 212 Å². The minimum atomic E-state index is -0.826. The van der Waals surface area contributed by atoms with Crippen LogP contribution in [0.25, 0.3) is 66.1 Å². The van der Waals surface area contributed by atoms with E-state index in [1.165, 1.54) is 88.3 Å². The van der Waals surface area contributed by atoms with Gasteiger partial charge in [-0.1, -0.05) is 184 Å². The fraction of sp³-hybridized carbons (Fsp3) is 0.192. The van der Waals surface area contributed by atoms with Crippen LogP contribution in [-0.2, 0) is 20.8 Å². The maximum atomic E-state index is 4.93. The second-order valence-electron chi connectivity index (χ2n) is 14.8. The molecule has 0 aliphatic heterocycles. The summed E-state index contributed by atoms with van der Waals surface area (Å²) in [4.78, 5) is 0. The van der Waals surface area contributed by atoms with E-state index in [1.54, 1.807) is 0 Å². The van der Waals surface area contributed by atoms with Gasteiger partial charge in [-0.25, -0.2) is 0 Å². The van der Waals surface area contributed by atoms with E-state index in [-0.39, 0.29) is 0 Å². The average Bonchev–Trinajstić information content (AvgIpc) is 3.85. The molecule has 4 heteroatoms. The number of fused-ring (bicyclic) bond motifs is 2. The molecular weight excluding hydrogens is 815 g/mol. The summed E-state index contributed by atoms with van der Waals surface area (Å²) in [6.45, 7) is 17.8. The van der Waals surface area contributed by atoms with Crippen molar-refractivity contribution in [3.05, 3.63) is 180 Å². The molecule has 0 nitrogen and oxygen atoms in total. The Kier molecular flexibility index (Phi) is 16.3. The SMILES string of the molecule is C[Si]C.Cc1ccccc1-c1c(C(C)C)ccc2[cH-]c(-c3ccccc3)cc12.Cc1ccccc1-c1c(C(C)C)ccc2[cH-]c(-c3ccccc3)cc12.[Cl][Zr+2][Cl]. The van der Waals surface area contributed by atoms with Gasteiger partial charge in [0, 0.05) is 9.52 Å². The van der Waals surface area contributed by atoms with Crippen LogP contribution in [0.4, 0.5) is 0 Å². The van der Waals surface area contributed by atoms with Crippen molar-refractivity contribution in [2.75, 3.05) is 0 Å². The second kappa shape index (κ2) is 21.1. The first-order valence-corrected chi connectivity index (χ1v) is 27.7. The van der Waals surface area contributed by atoms with Gasteiger partial charge in [0.05, 0.1) is 0 Å². The Morgan fingerprint density at radius 1 is 0.482 bits per heavy atom. The van der Waals surface area contributed by atoms with E-state index in [9.17, 15) is 0 Å². The summed E-state index contributed by atoms with van der Waals surface area (Å²) in [6, 6.07) is 57.3. The molecule has 0 N–H and O–H groups in total. The molecule has 0 saturated carbocycles. The summed E-state index contributed by atoms with van der Waals surface area (Å²) in [5.74, 6) is 0.989. The molecule has 282 valence electrons. The molecule has 0 spiro atoms. The molecule has 0 aromatic heterocycles. The molecule has 0 unspecified atom stereocenters. The number of halogens is 2. The van der Waals surface area contributed by atoms with Gasteiger partial charge in [0.25, 0.3) is 0 Å². The van der Waals surface area contributed by atoms with E-state index in [0.29, 0.717) is 11.8 Å². The van der Waals surface area contributed by atoms with Crippen LogP contribution in [0.2, 0.25) is 13.1 Å². The van der Waals surface area contributed by atoms with E-state index in [0.717, 1.165) is 9.52 Å². The van der Waals surface area contributed by atoms with E-state index in [4.69, 9.17) is 17.0 Å².